The third-order valence-electron chi connectivity index (χ3n) is 2.21. The fraction of sp³-hybridized carbons (Fsp3) is 0.385. The lowest BCUT2D eigenvalue weighted by molar-refractivity contribution is -0.384. The second-order valence-electron chi connectivity index (χ2n) is 5.28. The third-order valence-corrected chi connectivity index (χ3v) is 2.21. The number of nitrogens with zero attached hydrogens (tertiary/aromatic N) is 1. The highest BCUT2D eigenvalue weighted by Gasteiger charge is 2.16. The molecule has 8 heteroatoms. The van der Waals surface area contributed by atoms with Crippen LogP contribution in [-0.2, 0) is 16.0 Å². The zero-order valence-electron chi connectivity index (χ0n) is 12.0. The van der Waals surface area contributed by atoms with Gasteiger partial charge in [-0.25, -0.2) is 10.2 Å². The van der Waals surface area contributed by atoms with E-state index in [1.807, 2.05) is 0 Å². The molecule has 2 amide bonds. The number of amides is 2. The summed E-state index contributed by atoms with van der Waals surface area (Å²) in [6, 6.07) is 5.57. The maximum absolute atomic E-state index is 11.6. The van der Waals surface area contributed by atoms with Crippen molar-refractivity contribution in [3.8, 4) is 0 Å². The minimum absolute atomic E-state index is 0.0200. The number of nitro groups is 1. The molecule has 0 fully saturated rings. The van der Waals surface area contributed by atoms with E-state index in [-0.39, 0.29) is 12.1 Å². The van der Waals surface area contributed by atoms with Gasteiger partial charge < -0.3 is 4.74 Å². The summed E-state index contributed by atoms with van der Waals surface area (Å²) in [5, 5.41) is 10.5. The van der Waals surface area contributed by atoms with Crippen LogP contribution >= 0.6 is 0 Å². The first-order valence-electron chi connectivity index (χ1n) is 6.18. The van der Waals surface area contributed by atoms with Crippen molar-refractivity contribution < 1.29 is 19.2 Å². The molecule has 0 radical (unpaired) electrons. The smallest absolute Gasteiger partial charge is 0.426 e. The number of nitrogens with one attached hydrogen (secondary N) is 2. The van der Waals surface area contributed by atoms with E-state index in [9.17, 15) is 19.7 Å². The van der Waals surface area contributed by atoms with Crippen LogP contribution in [0.3, 0.4) is 0 Å². The van der Waals surface area contributed by atoms with Crippen molar-refractivity contribution >= 4 is 17.7 Å². The third kappa shape index (κ3) is 6.37. The molecule has 1 aromatic carbocycles. The molecule has 0 atom stereocenters. The molecule has 0 spiro atoms. The van der Waals surface area contributed by atoms with Crippen LogP contribution in [0.2, 0.25) is 0 Å². The quantitative estimate of drug-likeness (QED) is 0.651. The molecule has 0 aliphatic carbocycles. The van der Waals surface area contributed by atoms with Gasteiger partial charge in [0.05, 0.1) is 11.3 Å². The zero-order valence-corrected chi connectivity index (χ0v) is 12.0. The van der Waals surface area contributed by atoms with Gasteiger partial charge in [0, 0.05) is 12.1 Å². The molecule has 0 unspecified atom stereocenters. The summed E-state index contributed by atoms with van der Waals surface area (Å²) < 4.78 is 4.94. The van der Waals surface area contributed by atoms with Gasteiger partial charge in [0.25, 0.3) is 5.69 Å². The van der Waals surface area contributed by atoms with Crippen molar-refractivity contribution in [2.75, 3.05) is 0 Å². The first-order valence-corrected chi connectivity index (χ1v) is 6.18. The monoisotopic (exact) mass is 295 g/mol. The first-order chi connectivity index (χ1) is 9.67. The van der Waals surface area contributed by atoms with Crippen LogP contribution in [0, 0.1) is 10.1 Å². The fourth-order valence-electron chi connectivity index (χ4n) is 1.39. The summed E-state index contributed by atoms with van der Waals surface area (Å²) in [6.45, 7) is 5.10. The lowest BCUT2D eigenvalue weighted by atomic mass is 10.1. The van der Waals surface area contributed by atoms with Crippen LogP contribution in [0.1, 0.15) is 26.3 Å². The lowest BCUT2D eigenvalue weighted by Crippen LogP contribution is -2.44. The molecule has 0 bridgehead atoms. The Labute approximate surface area is 121 Å². The standard InChI is InChI=1S/C13H17N3O5/c1-13(2,3)21-12(18)15-14-11(17)8-9-4-6-10(7-5-9)16(19)20/h4-7H,8H2,1-3H3,(H,14,17)(H,15,18). The van der Waals surface area contributed by atoms with Crippen molar-refractivity contribution in [2.45, 2.75) is 32.8 Å². The molecule has 0 aromatic heterocycles. The second-order valence-corrected chi connectivity index (χ2v) is 5.28. The Morgan fingerprint density at radius 1 is 1.19 bits per heavy atom. The zero-order chi connectivity index (χ0) is 16.0. The molecule has 114 valence electrons. The van der Waals surface area contributed by atoms with Gasteiger partial charge in [-0.2, -0.15) is 0 Å². The number of carbonyl (C=O) groups is 2. The van der Waals surface area contributed by atoms with Gasteiger partial charge >= 0.3 is 6.09 Å². The molecule has 0 saturated carbocycles. The van der Waals surface area contributed by atoms with Gasteiger partial charge in [-0.3, -0.25) is 20.3 Å². The fourth-order valence-corrected chi connectivity index (χ4v) is 1.39. The van der Waals surface area contributed by atoms with Gasteiger partial charge in [-0.15, -0.1) is 0 Å². The number of rotatable bonds is 3. The number of nitro benzene ring substituents is 1. The molecule has 8 nitrogen and oxygen atoms in total. The molecule has 1 rings (SSSR count). The number of benzene rings is 1. The van der Waals surface area contributed by atoms with Crippen molar-refractivity contribution in [1.29, 1.82) is 0 Å². The Balaban J connectivity index is 2.43. The summed E-state index contributed by atoms with van der Waals surface area (Å²) >= 11 is 0. The van der Waals surface area contributed by atoms with E-state index in [1.54, 1.807) is 20.8 Å². The average Bonchev–Trinajstić information content (AvgIpc) is 2.35. The second kappa shape index (κ2) is 6.69. The van der Waals surface area contributed by atoms with Gasteiger partial charge in [-0.05, 0) is 26.3 Å². The van der Waals surface area contributed by atoms with Crippen LogP contribution in [0.5, 0.6) is 0 Å². The van der Waals surface area contributed by atoms with Crippen LogP contribution in [0.25, 0.3) is 0 Å². The number of hydrazine groups is 1. The number of ether oxygens (including phenoxy) is 1. The van der Waals surface area contributed by atoms with Gasteiger partial charge in [-0.1, -0.05) is 12.1 Å². The summed E-state index contributed by atoms with van der Waals surface area (Å²) in [5.41, 5.74) is 4.19. The highest BCUT2D eigenvalue weighted by Crippen LogP contribution is 2.12. The Bertz CT molecular complexity index is 534. The number of non-ortho nitro benzene ring substituents is 1. The van der Waals surface area contributed by atoms with E-state index in [2.05, 4.69) is 10.9 Å². The number of carbonyl (C=O) groups excluding carboxylic acids is 2. The summed E-state index contributed by atoms with van der Waals surface area (Å²) in [6.07, 6.45) is -0.784. The number of hydrogen-bond donors (Lipinski definition) is 2. The average molecular weight is 295 g/mol. The van der Waals surface area contributed by atoms with Crippen LogP contribution in [-0.4, -0.2) is 22.5 Å². The van der Waals surface area contributed by atoms with Crippen LogP contribution in [0.4, 0.5) is 10.5 Å². The molecule has 2 N–H and O–H groups in total. The SMILES string of the molecule is CC(C)(C)OC(=O)NNC(=O)Cc1ccc([N+](=O)[O-])cc1. The topological polar surface area (TPSA) is 111 Å². The first kappa shape index (κ1) is 16.4. The van der Waals surface area contributed by atoms with E-state index in [1.165, 1.54) is 24.3 Å². The minimum atomic E-state index is -0.764. The summed E-state index contributed by atoms with van der Waals surface area (Å²) in [7, 11) is 0. The maximum atomic E-state index is 11.6. The molecule has 0 heterocycles. The van der Waals surface area contributed by atoms with E-state index in [0.29, 0.717) is 5.56 Å². The molecule has 21 heavy (non-hydrogen) atoms. The van der Waals surface area contributed by atoms with E-state index < -0.39 is 22.5 Å². The van der Waals surface area contributed by atoms with Gasteiger partial charge in [0.15, 0.2) is 0 Å². The lowest BCUT2D eigenvalue weighted by Gasteiger charge is -2.19. The Morgan fingerprint density at radius 3 is 2.24 bits per heavy atom. The van der Waals surface area contributed by atoms with Crippen molar-refractivity contribution in [1.82, 2.24) is 10.9 Å². The highest BCUT2D eigenvalue weighted by atomic mass is 16.6. The molecule has 1 aromatic rings. The molecular weight excluding hydrogens is 278 g/mol. The molecule has 0 aliphatic heterocycles. The molecule has 0 aliphatic rings. The maximum Gasteiger partial charge on any atom is 0.426 e. The predicted molar refractivity (Wildman–Crippen MR) is 74.3 cm³/mol. The highest BCUT2D eigenvalue weighted by molar-refractivity contribution is 5.81. The summed E-state index contributed by atoms with van der Waals surface area (Å²) in [4.78, 5) is 32.9. The van der Waals surface area contributed by atoms with Crippen LogP contribution < -0.4 is 10.9 Å². The normalized spacial score (nSPS) is 10.6. The van der Waals surface area contributed by atoms with Crippen molar-refractivity contribution in [3.05, 3.63) is 39.9 Å². The van der Waals surface area contributed by atoms with Crippen LogP contribution in [0.15, 0.2) is 24.3 Å². The Hall–Kier alpha value is -2.64. The number of hydrogen-bond acceptors (Lipinski definition) is 5. The molecule has 0 saturated heterocycles. The van der Waals surface area contributed by atoms with E-state index in [4.69, 9.17) is 4.74 Å². The molecular formula is C13H17N3O5. The van der Waals surface area contributed by atoms with Crippen molar-refractivity contribution in [2.24, 2.45) is 0 Å². The Morgan fingerprint density at radius 2 is 1.76 bits per heavy atom. The van der Waals surface area contributed by atoms with E-state index in [0.717, 1.165) is 0 Å². The van der Waals surface area contributed by atoms with Gasteiger partial charge in [0.1, 0.15) is 5.60 Å². The minimum Gasteiger partial charge on any atom is -0.443 e. The van der Waals surface area contributed by atoms with Gasteiger partial charge in [0.2, 0.25) is 5.91 Å². The Kier molecular flexibility index (Phi) is 5.23. The van der Waals surface area contributed by atoms with E-state index >= 15 is 0 Å². The largest absolute Gasteiger partial charge is 0.443 e. The van der Waals surface area contributed by atoms with Crippen molar-refractivity contribution in [3.63, 3.8) is 0 Å². The predicted octanol–water partition coefficient (Wildman–Crippen LogP) is 1.69. The summed E-state index contributed by atoms with van der Waals surface area (Å²) in [5.74, 6) is -0.463.